The van der Waals surface area contributed by atoms with Crippen LogP contribution in [0.5, 0.6) is 0 Å². The molecule has 1 heterocycles. The van der Waals surface area contributed by atoms with Gasteiger partial charge in [0.2, 0.25) is 0 Å². The van der Waals surface area contributed by atoms with Gasteiger partial charge in [0, 0.05) is 23.1 Å². The van der Waals surface area contributed by atoms with Crippen LogP contribution in [0.4, 0.5) is 0 Å². The van der Waals surface area contributed by atoms with Crippen LogP contribution in [0.15, 0.2) is 24.3 Å². The molecular formula is C15H23ClN2. The third-order valence-electron chi connectivity index (χ3n) is 3.80. The summed E-state index contributed by atoms with van der Waals surface area (Å²) in [5, 5.41) is 4.38. The largest absolute Gasteiger partial charge is 0.312 e. The van der Waals surface area contributed by atoms with E-state index in [2.05, 4.69) is 43.2 Å². The highest BCUT2D eigenvalue weighted by Gasteiger charge is 2.29. The van der Waals surface area contributed by atoms with E-state index in [1.807, 2.05) is 12.1 Å². The summed E-state index contributed by atoms with van der Waals surface area (Å²) < 4.78 is 0. The third-order valence-corrected chi connectivity index (χ3v) is 4.05. The molecular weight excluding hydrogens is 244 g/mol. The van der Waals surface area contributed by atoms with Crippen LogP contribution < -0.4 is 5.32 Å². The molecule has 2 nitrogen and oxygen atoms in total. The van der Waals surface area contributed by atoms with Crippen molar-refractivity contribution in [2.45, 2.75) is 44.8 Å². The maximum absolute atomic E-state index is 5.91. The van der Waals surface area contributed by atoms with Crippen LogP contribution in [-0.4, -0.2) is 30.1 Å². The monoisotopic (exact) mass is 266 g/mol. The minimum atomic E-state index is 0.261. The number of hydrogen-bond donors (Lipinski definition) is 1. The maximum atomic E-state index is 5.91. The molecule has 1 atom stereocenters. The molecule has 1 N–H and O–H groups in total. The first kappa shape index (κ1) is 13.9. The molecule has 1 saturated heterocycles. The Labute approximate surface area is 115 Å². The minimum Gasteiger partial charge on any atom is -0.312 e. The topological polar surface area (TPSA) is 15.3 Å². The Morgan fingerprint density at radius 1 is 1.33 bits per heavy atom. The molecule has 0 spiro atoms. The summed E-state index contributed by atoms with van der Waals surface area (Å²) in [7, 11) is 2.22. The molecule has 18 heavy (non-hydrogen) atoms. The Balaban J connectivity index is 1.95. The van der Waals surface area contributed by atoms with E-state index >= 15 is 0 Å². The SMILES string of the molecule is CN(Cc1ccc(Cl)cc1)C1CCNC(C)(C)C1. The van der Waals surface area contributed by atoms with Crippen LogP contribution in [0, 0.1) is 0 Å². The van der Waals surface area contributed by atoms with Crippen LogP contribution in [0.3, 0.4) is 0 Å². The zero-order valence-corrected chi connectivity index (χ0v) is 12.3. The lowest BCUT2D eigenvalue weighted by molar-refractivity contribution is 0.138. The summed E-state index contributed by atoms with van der Waals surface area (Å²) >= 11 is 5.91. The van der Waals surface area contributed by atoms with Crippen molar-refractivity contribution >= 4 is 11.6 Å². The molecule has 3 heteroatoms. The average molecular weight is 267 g/mol. The van der Waals surface area contributed by atoms with Crippen LogP contribution in [-0.2, 0) is 6.54 Å². The maximum Gasteiger partial charge on any atom is 0.0406 e. The van der Waals surface area contributed by atoms with E-state index in [0.29, 0.717) is 6.04 Å². The molecule has 0 bridgehead atoms. The predicted molar refractivity (Wildman–Crippen MR) is 78.0 cm³/mol. The fourth-order valence-corrected chi connectivity index (χ4v) is 2.85. The number of benzene rings is 1. The molecule has 1 unspecified atom stereocenters. The molecule has 0 aromatic heterocycles. The molecule has 1 aromatic carbocycles. The zero-order chi connectivity index (χ0) is 13.2. The van der Waals surface area contributed by atoms with Crippen molar-refractivity contribution in [3.63, 3.8) is 0 Å². The lowest BCUT2D eigenvalue weighted by Crippen LogP contribution is -2.52. The Morgan fingerprint density at radius 2 is 2.00 bits per heavy atom. The van der Waals surface area contributed by atoms with Gasteiger partial charge in [-0.3, -0.25) is 4.90 Å². The van der Waals surface area contributed by atoms with E-state index in [1.54, 1.807) is 0 Å². The zero-order valence-electron chi connectivity index (χ0n) is 11.5. The lowest BCUT2D eigenvalue weighted by Gasteiger charge is -2.40. The highest BCUT2D eigenvalue weighted by molar-refractivity contribution is 6.30. The van der Waals surface area contributed by atoms with Crippen molar-refractivity contribution in [1.29, 1.82) is 0 Å². The minimum absolute atomic E-state index is 0.261. The second-order valence-corrected chi connectivity index (χ2v) is 6.44. The van der Waals surface area contributed by atoms with E-state index in [-0.39, 0.29) is 5.54 Å². The van der Waals surface area contributed by atoms with Gasteiger partial charge in [0.25, 0.3) is 0 Å². The van der Waals surface area contributed by atoms with Gasteiger partial charge in [-0.05, 0) is 58.0 Å². The van der Waals surface area contributed by atoms with Crippen LogP contribution in [0.2, 0.25) is 5.02 Å². The molecule has 0 aliphatic carbocycles. The first-order valence-corrected chi connectivity index (χ1v) is 7.04. The Morgan fingerprint density at radius 3 is 2.61 bits per heavy atom. The van der Waals surface area contributed by atoms with Crippen molar-refractivity contribution < 1.29 is 0 Å². The third kappa shape index (κ3) is 3.71. The van der Waals surface area contributed by atoms with Crippen molar-refractivity contribution in [2.24, 2.45) is 0 Å². The number of hydrogen-bond acceptors (Lipinski definition) is 2. The second-order valence-electron chi connectivity index (χ2n) is 6.00. The van der Waals surface area contributed by atoms with Gasteiger partial charge in [0.15, 0.2) is 0 Å². The number of nitrogens with zero attached hydrogens (tertiary/aromatic N) is 1. The predicted octanol–water partition coefficient (Wildman–Crippen LogP) is 3.30. The van der Waals surface area contributed by atoms with Gasteiger partial charge in [-0.25, -0.2) is 0 Å². The highest BCUT2D eigenvalue weighted by atomic mass is 35.5. The molecule has 0 radical (unpaired) electrons. The van der Waals surface area contributed by atoms with Crippen molar-refractivity contribution in [2.75, 3.05) is 13.6 Å². The Kier molecular flexibility index (Phi) is 4.31. The molecule has 1 fully saturated rings. The van der Waals surface area contributed by atoms with Gasteiger partial charge in [-0.15, -0.1) is 0 Å². The fraction of sp³-hybridized carbons (Fsp3) is 0.600. The Bertz CT molecular complexity index is 386. The van der Waals surface area contributed by atoms with Crippen molar-refractivity contribution in [1.82, 2.24) is 10.2 Å². The lowest BCUT2D eigenvalue weighted by atomic mass is 9.88. The molecule has 1 aromatic rings. The first-order valence-electron chi connectivity index (χ1n) is 6.66. The number of piperidine rings is 1. The van der Waals surface area contributed by atoms with Gasteiger partial charge in [0.05, 0.1) is 0 Å². The van der Waals surface area contributed by atoms with E-state index in [1.165, 1.54) is 18.4 Å². The summed E-state index contributed by atoms with van der Waals surface area (Å²) in [5.74, 6) is 0. The smallest absolute Gasteiger partial charge is 0.0406 e. The van der Waals surface area contributed by atoms with Crippen LogP contribution >= 0.6 is 11.6 Å². The molecule has 100 valence electrons. The molecule has 0 amide bonds. The first-order chi connectivity index (χ1) is 8.46. The summed E-state index contributed by atoms with van der Waals surface area (Å²) in [6, 6.07) is 8.83. The van der Waals surface area contributed by atoms with Gasteiger partial charge < -0.3 is 5.32 Å². The number of halogens is 1. The van der Waals surface area contributed by atoms with E-state index in [0.717, 1.165) is 18.1 Å². The fourth-order valence-electron chi connectivity index (χ4n) is 2.72. The van der Waals surface area contributed by atoms with E-state index in [4.69, 9.17) is 11.6 Å². The molecule has 2 rings (SSSR count). The molecule has 1 aliphatic heterocycles. The second kappa shape index (κ2) is 5.60. The van der Waals surface area contributed by atoms with Crippen molar-refractivity contribution in [3.05, 3.63) is 34.9 Å². The van der Waals surface area contributed by atoms with E-state index in [9.17, 15) is 0 Å². The van der Waals surface area contributed by atoms with Crippen LogP contribution in [0.1, 0.15) is 32.3 Å². The Hall–Kier alpha value is -0.570. The molecule has 1 aliphatic rings. The van der Waals surface area contributed by atoms with E-state index < -0.39 is 0 Å². The van der Waals surface area contributed by atoms with Gasteiger partial charge in [0.1, 0.15) is 0 Å². The van der Waals surface area contributed by atoms with Gasteiger partial charge in [-0.1, -0.05) is 23.7 Å². The van der Waals surface area contributed by atoms with Gasteiger partial charge >= 0.3 is 0 Å². The van der Waals surface area contributed by atoms with Crippen LogP contribution in [0.25, 0.3) is 0 Å². The number of rotatable bonds is 3. The summed E-state index contributed by atoms with van der Waals surface area (Å²) in [6.07, 6.45) is 2.44. The molecule has 0 saturated carbocycles. The summed E-state index contributed by atoms with van der Waals surface area (Å²) in [4.78, 5) is 2.46. The quantitative estimate of drug-likeness (QED) is 0.903. The highest BCUT2D eigenvalue weighted by Crippen LogP contribution is 2.23. The van der Waals surface area contributed by atoms with Gasteiger partial charge in [-0.2, -0.15) is 0 Å². The standard InChI is InChI=1S/C15H23ClN2/c1-15(2)10-14(8-9-17-15)18(3)11-12-4-6-13(16)7-5-12/h4-7,14,17H,8-11H2,1-3H3. The summed E-state index contributed by atoms with van der Waals surface area (Å²) in [6.45, 7) is 6.69. The summed E-state index contributed by atoms with van der Waals surface area (Å²) in [5.41, 5.74) is 1.59. The van der Waals surface area contributed by atoms with Crippen molar-refractivity contribution in [3.8, 4) is 0 Å². The normalized spacial score (nSPS) is 23.3. The number of nitrogens with one attached hydrogen (secondary N) is 1. The average Bonchev–Trinajstić information content (AvgIpc) is 2.31.